The van der Waals surface area contributed by atoms with Gasteiger partial charge >= 0.3 is 50.5 Å². The number of ether oxygens (including phenoxy) is 5. The van der Waals surface area contributed by atoms with Crippen molar-refractivity contribution < 1.29 is 57.4 Å². The molecule has 572 valence electrons. The Morgan fingerprint density at radius 2 is 0.670 bits per heavy atom. The van der Waals surface area contributed by atoms with Crippen molar-refractivity contribution >= 4 is 90.4 Å². The summed E-state index contributed by atoms with van der Waals surface area (Å²) in [5.41, 5.74) is 11.2. The van der Waals surface area contributed by atoms with Gasteiger partial charge in [-0.3, -0.25) is 14.7 Å². The number of halogens is 6. The second-order valence-electron chi connectivity index (χ2n) is 25.9. The Labute approximate surface area is 683 Å². The van der Waals surface area contributed by atoms with E-state index in [1.165, 1.54) is 27.8 Å². The molecule has 3 atom stereocenters. The predicted octanol–water partition coefficient (Wildman–Crippen LogP) is 19.9. The predicted molar refractivity (Wildman–Crippen MR) is 467 cm³/mol. The average Bonchev–Trinajstić information content (AvgIpc) is 0.825. The molecule has 0 amide bonds. The van der Waals surface area contributed by atoms with Crippen molar-refractivity contribution in [3.8, 4) is 17.2 Å². The second kappa shape index (κ2) is 58.0. The van der Waals surface area contributed by atoms with Crippen molar-refractivity contribution in [3.63, 3.8) is 0 Å². The quantitative estimate of drug-likeness (QED) is 0.0332. The van der Waals surface area contributed by atoms with Gasteiger partial charge in [0.25, 0.3) is 0 Å². The number of nitrogens with zero attached hydrogens (tertiary/aromatic N) is 3. The number of benzene rings is 8. The van der Waals surface area contributed by atoms with Gasteiger partial charge in [0.1, 0.15) is 30.5 Å². The molecular formula is C85H120BrI5N3O9-. The van der Waals surface area contributed by atoms with Gasteiger partial charge in [-0.2, -0.15) is 0 Å². The third kappa shape index (κ3) is 36.8. The van der Waals surface area contributed by atoms with Crippen LogP contribution in [0.2, 0.25) is 0 Å². The van der Waals surface area contributed by atoms with E-state index in [1.807, 2.05) is 60.7 Å². The van der Waals surface area contributed by atoms with Crippen molar-refractivity contribution in [3.05, 3.63) is 266 Å². The van der Waals surface area contributed by atoms with Gasteiger partial charge in [-0.15, -0.1) is 0 Å². The first-order valence-electron chi connectivity index (χ1n) is 34.7. The van der Waals surface area contributed by atoms with Crippen LogP contribution < -0.4 is 22.7 Å². The average molecular weight is 2040 g/mol. The van der Waals surface area contributed by atoms with Crippen LogP contribution in [0, 0.1) is 0 Å². The van der Waals surface area contributed by atoms with Gasteiger partial charge in [0.2, 0.25) is 0 Å². The third-order valence-electron chi connectivity index (χ3n) is 17.2. The zero-order valence-electron chi connectivity index (χ0n) is 61.5. The Hall–Kier alpha value is -3.07. The monoisotopic (exact) mass is 2040 g/mol. The Morgan fingerprint density at radius 1 is 0.398 bits per heavy atom. The zero-order valence-corrected chi connectivity index (χ0v) is 73.8. The molecule has 8 aromatic carbocycles. The summed E-state index contributed by atoms with van der Waals surface area (Å²) in [6.07, 6.45) is 2.94. The summed E-state index contributed by atoms with van der Waals surface area (Å²) in [5.74, 6) is 2.71. The van der Waals surface area contributed by atoms with Crippen molar-refractivity contribution in [1.82, 2.24) is 14.7 Å². The molecule has 1 aliphatic rings. The molecule has 0 radical (unpaired) electrons. The number of aliphatic hydroxyl groups excluding tert-OH is 3. The molecule has 1 saturated heterocycles. The second-order valence-corrected chi connectivity index (χ2v) is 43.0. The van der Waals surface area contributed by atoms with E-state index < -0.39 is 0 Å². The van der Waals surface area contributed by atoms with E-state index in [-0.39, 0.29) is 45.8 Å². The van der Waals surface area contributed by atoms with Crippen LogP contribution in [0.4, 0.5) is 0 Å². The van der Waals surface area contributed by atoms with Gasteiger partial charge in [0, 0.05) is 120 Å². The van der Waals surface area contributed by atoms with E-state index in [0.29, 0.717) is 88.8 Å². The van der Waals surface area contributed by atoms with Crippen LogP contribution in [0.3, 0.4) is 0 Å². The summed E-state index contributed by atoms with van der Waals surface area (Å²) in [6, 6.07) is 73.3. The van der Waals surface area contributed by atoms with Crippen molar-refractivity contribution in [2.75, 3.05) is 47.1 Å². The Morgan fingerprint density at radius 3 is 0.971 bits per heavy atom. The molecule has 0 aliphatic carbocycles. The normalized spacial score (nSPS) is 12.5. The van der Waals surface area contributed by atoms with Gasteiger partial charge < -0.3 is 44.1 Å². The molecule has 18 heteroatoms. The first kappa shape index (κ1) is 97.9. The number of phenols is 1. The first-order chi connectivity index (χ1) is 48.8. The Kier molecular flexibility index (Phi) is 55.1. The number of hydrogen-bond acceptors (Lipinski definition) is 12. The van der Waals surface area contributed by atoms with E-state index in [4.69, 9.17) is 14.6 Å². The summed E-state index contributed by atoms with van der Waals surface area (Å²) in [7, 11) is 1.00. The van der Waals surface area contributed by atoms with Crippen LogP contribution in [0.1, 0.15) is 191 Å². The van der Waals surface area contributed by atoms with Crippen LogP contribution >= 0.6 is 90.4 Å². The van der Waals surface area contributed by atoms with Crippen molar-refractivity contribution in [2.45, 2.75) is 198 Å². The molecule has 0 unspecified atom stereocenters. The number of rotatable bonds is 29. The number of hydrogen-bond donors (Lipinski definition) is 4. The molecule has 12 nitrogen and oxygen atoms in total. The Balaban J connectivity index is 0.000000707. The van der Waals surface area contributed by atoms with E-state index in [0.717, 1.165) is 89.8 Å². The van der Waals surface area contributed by atoms with Gasteiger partial charge in [-0.05, 0) is 203 Å². The van der Waals surface area contributed by atoms with Crippen molar-refractivity contribution in [1.29, 1.82) is 0 Å². The van der Waals surface area contributed by atoms with Crippen molar-refractivity contribution in [2.24, 2.45) is 0 Å². The van der Waals surface area contributed by atoms with Gasteiger partial charge in [0.05, 0.1) is 13.2 Å². The molecule has 0 bridgehead atoms. The summed E-state index contributed by atoms with van der Waals surface area (Å²) in [6.45, 7) is 32.3. The molecule has 0 saturated carbocycles. The fourth-order valence-electron chi connectivity index (χ4n) is 12.5. The maximum absolute atomic E-state index is 10.5. The van der Waals surface area contributed by atoms with E-state index in [1.54, 1.807) is 12.1 Å². The molecule has 103 heavy (non-hydrogen) atoms. The number of aromatic hydroxyl groups is 1. The summed E-state index contributed by atoms with van der Waals surface area (Å²) >= 11 is 13.2. The van der Waals surface area contributed by atoms with E-state index in [9.17, 15) is 15.3 Å². The molecule has 0 aromatic heterocycles. The minimum absolute atomic E-state index is 0. The summed E-state index contributed by atoms with van der Waals surface area (Å²) in [4.78, 5) is 7.58. The first-order valence-corrected chi connectivity index (χ1v) is 54.4. The topological polar surface area (TPSA) is 137 Å². The fraction of sp³-hybridized carbons (Fsp3) is 0.435. The SMILES string of the molecule is C.C.C1OCOCO1.CC(C)N(CC[C@H](c1ccccc1)c1cc(Br)ccc1OCc1ccccc1)C(C)C.CC(C)N(CC[C@H](c1ccccc1)c1cc(CO)ccc1O)C(C)C.CC(C)N(CC[C@H](c1ccccc1)c1cc(CO)ccc1OCc1ccccc1)C(C)C.CO.II.I[I-]I. The van der Waals surface area contributed by atoms with Crippen LogP contribution in [0.25, 0.3) is 0 Å². The molecule has 9 rings (SSSR count). The molecule has 1 heterocycles. The van der Waals surface area contributed by atoms with Crippen LogP contribution in [0.5, 0.6) is 17.2 Å². The van der Waals surface area contributed by atoms with E-state index >= 15 is 0 Å². The maximum atomic E-state index is 10.5. The molecule has 0 spiro atoms. The Bertz CT molecular complexity index is 3330. The minimum atomic E-state index is -0.0150. The molecule has 4 N–H and O–H groups in total. The van der Waals surface area contributed by atoms with Gasteiger partial charge in [0.15, 0.2) is 20.4 Å². The summed E-state index contributed by atoms with van der Waals surface area (Å²) < 4.78 is 27.6. The van der Waals surface area contributed by atoms with E-state index in [2.05, 4.69) is 336 Å². The van der Waals surface area contributed by atoms with Gasteiger partial charge in [-0.1, -0.05) is 195 Å². The molecule has 1 aliphatic heterocycles. The summed E-state index contributed by atoms with van der Waals surface area (Å²) in [5, 5.41) is 36.8. The van der Waals surface area contributed by atoms with Crippen LogP contribution in [-0.2, 0) is 40.6 Å². The molecule has 1 fully saturated rings. The number of aliphatic hydroxyl groups is 3. The van der Waals surface area contributed by atoms with Gasteiger partial charge in [-0.25, -0.2) is 0 Å². The zero-order chi connectivity index (χ0) is 74.5. The fourth-order valence-corrected chi connectivity index (χ4v) is 12.9. The standard InChI is InChI=1S/C29H37NO2.C28H34BrNO.C22H31NO2.C3H6O3.CH4O.2CH4.I3.I2/c1-22(2)30(23(3)4)18-17-27(26-13-9-6-10-14-26)28-19-25(20-31)15-16-29(28)32-21-24-11-7-5-8-12-24;1-21(2)30(22(3)4)18-17-26(24-13-9-6-10-14-24)27-19-25(29)15-16-28(27)31-20-23-11-7-5-8-12-23;1-16(2)23(17(3)4)13-12-20(19-8-6-5-7-9-19)21-14-18(15-24)10-11-22(21)25;1-4-2-6-3-5-1;1-2;;;1-3-2;1-2/h5-16,19,22-23,27,31H,17-18,20-21H2,1-4H3;5-16,19,21-22,26H,17-18,20H2,1-4H3;5-11,14,16-17,20,24-25H,12-13,15H2,1-4H3;1-3H2;2H,1H3;2*1H4;;/q;;;;;;;-1;/t27-;26-;20-;;;;;;/m111....../s1. The molecular weight excluding hydrogens is 1920 g/mol. The van der Waals surface area contributed by atoms with Crippen LogP contribution in [0.15, 0.2) is 211 Å². The number of phenolic OH excluding ortho intramolecular Hbond substituents is 1. The van der Waals surface area contributed by atoms with Crippen LogP contribution in [-0.4, -0.2) is 118 Å². The molecule has 8 aromatic rings. The third-order valence-corrected chi connectivity index (χ3v) is 17.7.